The SMILES string of the molecule is CCNC(=O)C(c1ccc(C(=O)O)cc1)c1ccccc1N1CCCCC1. The second-order valence-corrected chi connectivity index (χ2v) is 6.86. The number of piperidine rings is 1. The highest BCUT2D eigenvalue weighted by atomic mass is 16.4. The maximum absolute atomic E-state index is 13.0. The standard InChI is InChI=1S/C22H26N2O3/c1-2-23-21(25)20(16-10-12-17(13-11-16)22(26)27)18-8-4-5-9-19(18)24-14-6-3-7-15-24/h4-5,8-13,20H,2-3,6-7,14-15H2,1H3,(H,23,25)(H,26,27). The zero-order valence-electron chi connectivity index (χ0n) is 15.6. The topological polar surface area (TPSA) is 69.6 Å². The molecule has 0 spiro atoms. The van der Waals surface area contributed by atoms with Gasteiger partial charge in [0, 0.05) is 25.3 Å². The van der Waals surface area contributed by atoms with Gasteiger partial charge in [0.05, 0.1) is 11.5 Å². The molecule has 1 heterocycles. The lowest BCUT2D eigenvalue weighted by Crippen LogP contribution is -2.34. The summed E-state index contributed by atoms with van der Waals surface area (Å²) in [6, 6.07) is 14.7. The Hall–Kier alpha value is -2.82. The maximum Gasteiger partial charge on any atom is 0.335 e. The first-order valence-corrected chi connectivity index (χ1v) is 9.56. The van der Waals surface area contributed by atoms with E-state index in [0.29, 0.717) is 6.54 Å². The Bertz CT molecular complexity index is 795. The van der Waals surface area contributed by atoms with E-state index in [2.05, 4.69) is 16.3 Å². The molecule has 0 aromatic heterocycles. The van der Waals surface area contributed by atoms with Gasteiger partial charge in [0.15, 0.2) is 0 Å². The lowest BCUT2D eigenvalue weighted by molar-refractivity contribution is -0.121. The molecule has 2 N–H and O–H groups in total. The lowest BCUT2D eigenvalue weighted by Gasteiger charge is -2.32. The molecule has 2 aromatic carbocycles. The number of hydrogen-bond acceptors (Lipinski definition) is 3. The number of carboxylic acid groups (broad SMARTS) is 1. The van der Waals surface area contributed by atoms with Crippen molar-refractivity contribution in [2.24, 2.45) is 0 Å². The van der Waals surface area contributed by atoms with Gasteiger partial charge in [0.25, 0.3) is 0 Å². The number of nitrogens with one attached hydrogen (secondary N) is 1. The van der Waals surface area contributed by atoms with Gasteiger partial charge in [0.1, 0.15) is 0 Å². The molecule has 0 aliphatic carbocycles. The molecule has 2 aromatic rings. The fraction of sp³-hybridized carbons (Fsp3) is 0.364. The molecule has 1 fully saturated rings. The Morgan fingerprint density at radius 2 is 1.70 bits per heavy atom. The van der Waals surface area contributed by atoms with Crippen LogP contribution in [0.1, 0.15) is 53.6 Å². The van der Waals surface area contributed by atoms with E-state index in [1.807, 2.05) is 25.1 Å². The van der Waals surface area contributed by atoms with Crippen molar-refractivity contribution in [3.05, 3.63) is 65.2 Å². The third-order valence-corrected chi connectivity index (χ3v) is 5.05. The van der Waals surface area contributed by atoms with Crippen molar-refractivity contribution >= 4 is 17.6 Å². The fourth-order valence-electron chi connectivity index (χ4n) is 3.72. The number of para-hydroxylation sites is 1. The summed E-state index contributed by atoms with van der Waals surface area (Å²) in [5.41, 5.74) is 3.08. The van der Waals surface area contributed by atoms with Crippen molar-refractivity contribution in [2.45, 2.75) is 32.1 Å². The molecular weight excluding hydrogens is 340 g/mol. The quantitative estimate of drug-likeness (QED) is 0.819. The van der Waals surface area contributed by atoms with Gasteiger partial charge in [-0.3, -0.25) is 4.79 Å². The minimum Gasteiger partial charge on any atom is -0.478 e. The number of anilines is 1. The van der Waals surface area contributed by atoms with Gasteiger partial charge in [-0.05, 0) is 55.5 Å². The molecule has 1 aliphatic rings. The molecule has 1 aliphatic heterocycles. The molecule has 1 unspecified atom stereocenters. The average molecular weight is 366 g/mol. The highest BCUT2D eigenvalue weighted by Gasteiger charge is 2.27. The normalized spacial score (nSPS) is 15.2. The second-order valence-electron chi connectivity index (χ2n) is 6.86. The lowest BCUT2D eigenvalue weighted by atomic mass is 9.88. The number of carbonyl (C=O) groups is 2. The van der Waals surface area contributed by atoms with Crippen molar-refractivity contribution in [3.8, 4) is 0 Å². The summed E-state index contributed by atoms with van der Waals surface area (Å²) in [6.07, 6.45) is 3.57. The Labute approximate surface area is 160 Å². The van der Waals surface area contributed by atoms with Crippen LogP contribution in [-0.4, -0.2) is 36.6 Å². The van der Waals surface area contributed by atoms with Crippen LogP contribution in [0.15, 0.2) is 48.5 Å². The highest BCUT2D eigenvalue weighted by molar-refractivity contribution is 5.90. The third-order valence-electron chi connectivity index (χ3n) is 5.05. The van der Waals surface area contributed by atoms with Crippen molar-refractivity contribution < 1.29 is 14.7 Å². The molecule has 0 saturated carbocycles. The average Bonchev–Trinajstić information content (AvgIpc) is 2.70. The van der Waals surface area contributed by atoms with E-state index in [4.69, 9.17) is 5.11 Å². The largest absolute Gasteiger partial charge is 0.478 e. The zero-order valence-corrected chi connectivity index (χ0v) is 15.6. The van der Waals surface area contributed by atoms with Crippen molar-refractivity contribution in [1.82, 2.24) is 5.32 Å². The first kappa shape index (κ1) is 19.0. The summed E-state index contributed by atoms with van der Waals surface area (Å²) in [5, 5.41) is 12.1. The number of carboxylic acids is 1. The Balaban J connectivity index is 2.03. The van der Waals surface area contributed by atoms with Crippen molar-refractivity contribution in [2.75, 3.05) is 24.5 Å². The van der Waals surface area contributed by atoms with Crippen LogP contribution in [0, 0.1) is 0 Å². The zero-order chi connectivity index (χ0) is 19.2. The summed E-state index contributed by atoms with van der Waals surface area (Å²) in [4.78, 5) is 26.5. The Morgan fingerprint density at radius 1 is 1.04 bits per heavy atom. The minimum atomic E-state index is -0.968. The smallest absolute Gasteiger partial charge is 0.335 e. The van der Waals surface area contributed by atoms with Gasteiger partial charge in [-0.2, -0.15) is 0 Å². The monoisotopic (exact) mass is 366 g/mol. The molecule has 5 heteroatoms. The van der Waals surface area contributed by atoms with Crippen LogP contribution in [0.25, 0.3) is 0 Å². The number of hydrogen-bond donors (Lipinski definition) is 2. The van der Waals surface area contributed by atoms with Crippen molar-refractivity contribution in [1.29, 1.82) is 0 Å². The van der Waals surface area contributed by atoms with Gasteiger partial charge in [-0.1, -0.05) is 30.3 Å². The number of benzene rings is 2. The molecule has 1 atom stereocenters. The predicted molar refractivity (Wildman–Crippen MR) is 106 cm³/mol. The van der Waals surface area contributed by atoms with E-state index >= 15 is 0 Å². The summed E-state index contributed by atoms with van der Waals surface area (Å²) < 4.78 is 0. The third kappa shape index (κ3) is 4.30. The van der Waals surface area contributed by atoms with Crippen LogP contribution in [0.5, 0.6) is 0 Å². The highest BCUT2D eigenvalue weighted by Crippen LogP contribution is 2.34. The van der Waals surface area contributed by atoms with Crippen LogP contribution in [-0.2, 0) is 4.79 Å². The Kier molecular flexibility index (Phi) is 6.12. The molecule has 0 radical (unpaired) electrons. The predicted octanol–water partition coefficient (Wildman–Crippen LogP) is 3.64. The summed E-state index contributed by atoms with van der Waals surface area (Å²) in [7, 11) is 0. The van der Waals surface area contributed by atoms with Crippen LogP contribution in [0.4, 0.5) is 5.69 Å². The van der Waals surface area contributed by atoms with Crippen molar-refractivity contribution in [3.63, 3.8) is 0 Å². The van der Waals surface area contributed by atoms with Gasteiger partial charge < -0.3 is 15.3 Å². The second kappa shape index (κ2) is 8.71. The van der Waals surface area contributed by atoms with Gasteiger partial charge >= 0.3 is 5.97 Å². The van der Waals surface area contributed by atoms with E-state index in [9.17, 15) is 9.59 Å². The number of amides is 1. The first-order chi connectivity index (χ1) is 13.1. The van der Waals surface area contributed by atoms with E-state index < -0.39 is 11.9 Å². The van der Waals surface area contributed by atoms with E-state index in [1.165, 1.54) is 6.42 Å². The summed E-state index contributed by atoms with van der Waals surface area (Å²) >= 11 is 0. The van der Waals surface area contributed by atoms with Gasteiger partial charge in [0.2, 0.25) is 5.91 Å². The molecule has 0 bridgehead atoms. The fourth-order valence-corrected chi connectivity index (χ4v) is 3.72. The number of carbonyl (C=O) groups excluding carboxylic acids is 1. The van der Waals surface area contributed by atoms with E-state index in [-0.39, 0.29) is 11.5 Å². The number of aromatic carboxylic acids is 1. The van der Waals surface area contributed by atoms with Gasteiger partial charge in [-0.25, -0.2) is 4.79 Å². The van der Waals surface area contributed by atoms with Gasteiger partial charge in [-0.15, -0.1) is 0 Å². The van der Waals surface area contributed by atoms with Crippen LogP contribution >= 0.6 is 0 Å². The summed E-state index contributed by atoms with van der Waals surface area (Å²) in [6.45, 7) is 4.45. The number of likely N-dealkylation sites (N-methyl/N-ethyl adjacent to an activating group) is 1. The molecule has 1 amide bonds. The number of rotatable bonds is 6. The first-order valence-electron chi connectivity index (χ1n) is 9.56. The number of nitrogens with zero attached hydrogens (tertiary/aromatic N) is 1. The molecule has 3 rings (SSSR count). The van der Waals surface area contributed by atoms with Crippen LogP contribution in [0.3, 0.4) is 0 Å². The molecular formula is C22H26N2O3. The van der Waals surface area contributed by atoms with Crippen LogP contribution < -0.4 is 10.2 Å². The van der Waals surface area contributed by atoms with E-state index in [0.717, 1.165) is 42.7 Å². The molecule has 5 nitrogen and oxygen atoms in total. The minimum absolute atomic E-state index is 0.0648. The van der Waals surface area contributed by atoms with Crippen LogP contribution in [0.2, 0.25) is 0 Å². The summed E-state index contributed by atoms with van der Waals surface area (Å²) in [5.74, 6) is -1.50. The molecule has 1 saturated heterocycles. The molecule has 142 valence electrons. The molecule has 27 heavy (non-hydrogen) atoms. The van der Waals surface area contributed by atoms with E-state index in [1.54, 1.807) is 24.3 Å². The maximum atomic E-state index is 13.0. The Morgan fingerprint density at radius 3 is 2.33 bits per heavy atom.